The molecule has 4 atom stereocenters. The van der Waals surface area contributed by atoms with Crippen molar-refractivity contribution >= 4 is 11.8 Å². The lowest BCUT2D eigenvalue weighted by Gasteiger charge is -2.55. The molecule has 1 aliphatic carbocycles. The van der Waals surface area contributed by atoms with E-state index in [1.54, 1.807) is 0 Å². The molecule has 2 fully saturated rings. The van der Waals surface area contributed by atoms with Crippen LogP contribution >= 0.6 is 11.8 Å². The standard InChI is InChI=1S/C14H28N2S/c1-11-4-5-14(10-15,12(2)8-11)16-6-7-17-9-13(16)3/h11-13H,4-10,15H2,1-3H3. The minimum Gasteiger partial charge on any atom is -0.329 e. The largest absolute Gasteiger partial charge is 0.329 e. The Balaban J connectivity index is 2.17. The molecule has 3 heteroatoms. The average Bonchev–Trinajstić information content (AvgIpc) is 2.31. The van der Waals surface area contributed by atoms with Crippen LogP contribution in [-0.4, -0.2) is 41.1 Å². The molecule has 1 saturated carbocycles. The molecular formula is C14H28N2S. The summed E-state index contributed by atoms with van der Waals surface area (Å²) in [7, 11) is 0. The topological polar surface area (TPSA) is 29.3 Å². The van der Waals surface area contributed by atoms with Gasteiger partial charge in [0.1, 0.15) is 0 Å². The first kappa shape index (κ1) is 13.7. The fourth-order valence-electron chi connectivity index (χ4n) is 3.92. The molecule has 0 aromatic heterocycles. The Kier molecular flexibility index (Phi) is 4.43. The first-order valence-electron chi connectivity index (χ1n) is 7.14. The van der Waals surface area contributed by atoms with E-state index in [0.717, 1.165) is 18.4 Å². The fraction of sp³-hybridized carbons (Fsp3) is 1.00. The zero-order valence-corrected chi connectivity index (χ0v) is 12.4. The Morgan fingerprint density at radius 3 is 2.71 bits per heavy atom. The number of hydrogen-bond acceptors (Lipinski definition) is 3. The van der Waals surface area contributed by atoms with Crippen LogP contribution in [0.3, 0.4) is 0 Å². The van der Waals surface area contributed by atoms with E-state index in [1.165, 1.54) is 37.3 Å². The highest BCUT2D eigenvalue weighted by atomic mass is 32.2. The first-order valence-corrected chi connectivity index (χ1v) is 8.30. The van der Waals surface area contributed by atoms with Crippen LogP contribution in [0.15, 0.2) is 0 Å². The van der Waals surface area contributed by atoms with Gasteiger partial charge in [-0.1, -0.05) is 13.8 Å². The second-order valence-electron chi connectivity index (χ2n) is 6.21. The smallest absolute Gasteiger partial charge is 0.0360 e. The molecule has 1 heterocycles. The summed E-state index contributed by atoms with van der Waals surface area (Å²) in [6.07, 6.45) is 4.02. The maximum absolute atomic E-state index is 6.22. The minimum atomic E-state index is 0.299. The van der Waals surface area contributed by atoms with Crippen LogP contribution in [0.5, 0.6) is 0 Å². The van der Waals surface area contributed by atoms with Crippen molar-refractivity contribution < 1.29 is 0 Å². The average molecular weight is 256 g/mol. The zero-order valence-electron chi connectivity index (χ0n) is 11.6. The van der Waals surface area contributed by atoms with Crippen molar-refractivity contribution in [2.45, 2.75) is 51.6 Å². The van der Waals surface area contributed by atoms with Gasteiger partial charge in [0.05, 0.1) is 0 Å². The van der Waals surface area contributed by atoms with Crippen LogP contribution in [0.2, 0.25) is 0 Å². The van der Waals surface area contributed by atoms with Gasteiger partial charge in [-0.3, -0.25) is 4.90 Å². The van der Waals surface area contributed by atoms with Crippen molar-refractivity contribution in [3.8, 4) is 0 Å². The molecule has 2 aliphatic rings. The van der Waals surface area contributed by atoms with Gasteiger partial charge in [-0.15, -0.1) is 0 Å². The van der Waals surface area contributed by atoms with Crippen LogP contribution < -0.4 is 5.73 Å². The Morgan fingerprint density at radius 1 is 1.35 bits per heavy atom. The van der Waals surface area contributed by atoms with Crippen LogP contribution in [0, 0.1) is 11.8 Å². The van der Waals surface area contributed by atoms with Crippen molar-refractivity contribution in [3.05, 3.63) is 0 Å². The zero-order chi connectivity index (χ0) is 12.5. The molecule has 1 aliphatic heterocycles. The molecule has 0 bridgehead atoms. The predicted octanol–water partition coefficient (Wildman–Crippen LogP) is 2.58. The third-order valence-electron chi connectivity index (χ3n) is 5.04. The second-order valence-corrected chi connectivity index (χ2v) is 7.36. The minimum absolute atomic E-state index is 0.299. The predicted molar refractivity (Wildman–Crippen MR) is 77.5 cm³/mol. The molecule has 0 aromatic carbocycles. The van der Waals surface area contributed by atoms with Gasteiger partial charge in [-0.05, 0) is 38.0 Å². The van der Waals surface area contributed by atoms with E-state index in [4.69, 9.17) is 5.73 Å². The van der Waals surface area contributed by atoms with Crippen molar-refractivity contribution in [1.29, 1.82) is 0 Å². The van der Waals surface area contributed by atoms with Gasteiger partial charge in [0.2, 0.25) is 0 Å². The molecule has 4 unspecified atom stereocenters. The van der Waals surface area contributed by atoms with Crippen molar-refractivity contribution in [2.75, 3.05) is 24.6 Å². The van der Waals surface area contributed by atoms with E-state index in [2.05, 4.69) is 37.4 Å². The SMILES string of the molecule is CC1CCC(CN)(N2CCSCC2C)C(C)C1. The Morgan fingerprint density at radius 2 is 2.12 bits per heavy atom. The van der Waals surface area contributed by atoms with E-state index in [1.807, 2.05) is 0 Å². The van der Waals surface area contributed by atoms with Gasteiger partial charge < -0.3 is 5.73 Å². The summed E-state index contributed by atoms with van der Waals surface area (Å²) in [5.74, 6) is 4.21. The van der Waals surface area contributed by atoms with Gasteiger partial charge >= 0.3 is 0 Å². The third-order valence-corrected chi connectivity index (χ3v) is 6.23. The molecule has 0 spiro atoms. The molecule has 0 radical (unpaired) electrons. The quantitative estimate of drug-likeness (QED) is 0.823. The van der Waals surface area contributed by atoms with Gasteiger partial charge in [-0.25, -0.2) is 0 Å². The van der Waals surface area contributed by atoms with E-state index in [-0.39, 0.29) is 0 Å². The van der Waals surface area contributed by atoms with Gasteiger partial charge in [0, 0.05) is 36.2 Å². The maximum atomic E-state index is 6.22. The van der Waals surface area contributed by atoms with Crippen molar-refractivity contribution in [3.63, 3.8) is 0 Å². The fourth-order valence-corrected chi connectivity index (χ4v) is 4.93. The van der Waals surface area contributed by atoms with E-state index >= 15 is 0 Å². The molecule has 2 N–H and O–H groups in total. The molecule has 1 saturated heterocycles. The molecule has 2 nitrogen and oxygen atoms in total. The van der Waals surface area contributed by atoms with Crippen LogP contribution in [0.4, 0.5) is 0 Å². The lowest BCUT2D eigenvalue weighted by molar-refractivity contribution is -0.0171. The van der Waals surface area contributed by atoms with Crippen LogP contribution in [0.25, 0.3) is 0 Å². The maximum Gasteiger partial charge on any atom is 0.0360 e. The number of thioether (sulfide) groups is 1. The summed E-state index contributed by atoms with van der Waals surface area (Å²) < 4.78 is 0. The summed E-state index contributed by atoms with van der Waals surface area (Å²) in [5.41, 5.74) is 6.52. The number of hydrogen-bond donors (Lipinski definition) is 1. The lowest BCUT2D eigenvalue weighted by atomic mass is 9.68. The molecule has 2 rings (SSSR count). The monoisotopic (exact) mass is 256 g/mol. The third kappa shape index (κ3) is 2.52. The van der Waals surface area contributed by atoms with Crippen LogP contribution in [-0.2, 0) is 0 Å². The Labute approximate surface area is 111 Å². The van der Waals surface area contributed by atoms with Crippen molar-refractivity contribution in [1.82, 2.24) is 4.90 Å². The van der Waals surface area contributed by atoms with E-state index in [0.29, 0.717) is 11.6 Å². The lowest BCUT2D eigenvalue weighted by Crippen LogP contribution is -2.64. The molecule has 100 valence electrons. The first-order chi connectivity index (χ1) is 8.10. The summed E-state index contributed by atoms with van der Waals surface area (Å²) in [4.78, 5) is 2.75. The van der Waals surface area contributed by atoms with Gasteiger partial charge in [0.25, 0.3) is 0 Å². The summed E-state index contributed by atoms with van der Waals surface area (Å²) in [5, 5.41) is 0. The Bertz CT molecular complexity index is 259. The summed E-state index contributed by atoms with van der Waals surface area (Å²) in [6, 6.07) is 0.702. The number of nitrogens with two attached hydrogens (primary N) is 1. The highest BCUT2D eigenvalue weighted by Crippen LogP contribution is 2.42. The number of rotatable bonds is 2. The Hall–Kier alpha value is 0.270. The number of nitrogens with zero attached hydrogens (tertiary/aromatic N) is 1. The van der Waals surface area contributed by atoms with E-state index < -0.39 is 0 Å². The summed E-state index contributed by atoms with van der Waals surface area (Å²) >= 11 is 2.10. The van der Waals surface area contributed by atoms with E-state index in [9.17, 15) is 0 Å². The molecule has 0 aromatic rings. The molecule has 0 amide bonds. The summed E-state index contributed by atoms with van der Waals surface area (Å²) in [6.45, 7) is 9.29. The highest BCUT2D eigenvalue weighted by molar-refractivity contribution is 7.99. The van der Waals surface area contributed by atoms with Gasteiger partial charge in [0.15, 0.2) is 0 Å². The highest BCUT2D eigenvalue weighted by Gasteiger charge is 2.45. The van der Waals surface area contributed by atoms with Crippen molar-refractivity contribution in [2.24, 2.45) is 17.6 Å². The van der Waals surface area contributed by atoms with Crippen LogP contribution in [0.1, 0.15) is 40.0 Å². The van der Waals surface area contributed by atoms with Gasteiger partial charge in [-0.2, -0.15) is 11.8 Å². The molecule has 17 heavy (non-hydrogen) atoms. The normalized spacial score (nSPS) is 44.8. The molecular weight excluding hydrogens is 228 g/mol. The second kappa shape index (κ2) is 5.50.